The van der Waals surface area contributed by atoms with E-state index >= 15 is 0 Å². The maximum Gasteiger partial charge on any atom is 0.352 e. The fourth-order valence-electron chi connectivity index (χ4n) is 1.87. The van der Waals surface area contributed by atoms with Crippen molar-refractivity contribution in [3.63, 3.8) is 0 Å². The number of ether oxygens (including phenoxy) is 1. The Morgan fingerprint density at radius 2 is 2.09 bits per heavy atom. The molecule has 0 atom stereocenters. The third kappa shape index (κ3) is 4.59. The predicted molar refractivity (Wildman–Crippen MR) is 90.2 cm³/mol. The molecule has 0 spiro atoms. The van der Waals surface area contributed by atoms with Gasteiger partial charge in [0.25, 0.3) is 5.91 Å². The summed E-state index contributed by atoms with van der Waals surface area (Å²) in [6, 6.07) is 7.65. The average Bonchev–Trinajstić information content (AvgIpc) is 3.03. The molecule has 1 heterocycles. The summed E-state index contributed by atoms with van der Waals surface area (Å²) in [7, 11) is 1.67. The van der Waals surface area contributed by atoms with Gasteiger partial charge in [-0.2, -0.15) is 0 Å². The van der Waals surface area contributed by atoms with Gasteiger partial charge in [0.1, 0.15) is 0 Å². The first-order valence-electron chi connectivity index (χ1n) is 6.98. The summed E-state index contributed by atoms with van der Waals surface area (Å²) < 4.78 is 9.73. The minimum atomic E-state index is -0.556. The van der Waals surface area contributed by atoms with Crippen LogP contribution in [0.2, 0.25) is 0 Å². The Hall–Kier alpha value is -1.80. The minimum Gasteiger partial charge on any atom is -0.451 e. The number of nitrogens with zero attached hydrogens (tertiary/aromatic N) is 3. The number of aryl methyl sites for hydroxylation is 1. The molecule has 0 N–H and O–H groups in total. The van der Waals surface area contributed by atoms with Gasteiger partial charge in [-0.1, -0.05) is 45.5 Å². The van der Waals surface area contributed by atoms with E-state index in [1.54, 1.807) is 7.05 Å². The molecule has 2 aromatic rings. The van der Waals surface area contributed by atoms with Crippen LogP contribution in [0.5, 0.6) is 0 Å². The number of esters is 1. The highest BCUT2D eigenvalue weighted by atomic mass is 79.9. The van der Waals surface area contributed by atoms with E-state index in [0.29, 0.717) is 23.5 Å². The predicted octanol–water partition coefficient (Wildman–Crippen LogP) is 2.68. The van der Waals surface area contributed by atoms with Crippen LogP contribution in [0.1, 0.15) is 27.9 Å². The van der Waals surface area contributed by atoms with Gasteiger partial charge in [0.15, 0.2) is 11.5 Å². The van der Waals surface area contributed by atoms with Crippen molar-refractivity contribution in [2.75, 3.05) is 13.7 Å². The number of likely N-dealkylation sites (N-methyl/N-ethyl adjacent to an activating group) is 1. The van der Waals surface area contributed by atoms with Crippen LogP contribution in [0.4, 0.5) is 0 Å². The number of benzene rings is 1. The van der Waals surface area contributed by atoms with Gasteiger partial charge in [0, 0.05) is 18.1 Å². The third-order valence-electron chi connectivity index (χ3n) is 3.19. The van der Waals surface area contributed by atoms with Gasteiger partial charge in [-0.15, -0.1) is 5.10 Å². The van der Waals surface area contributed by atoms with Gasteiger partial charge in [-0.3, -0.25) is 4.79 Å². The van der Waals surface area contributed by atoms with E-state index < -0.39 is 5.97 Å². The van der Waals surface area contributed by atoms with Crippen molar-refractivity contribution >= 4 is 39.3 Å². The van der Waals surface area contributed by atoms with Crippen LogP contribution in [0.25, 0.3) is 0 Å². The van der Waals surface area contributed by atoms with Crippen LogP contribution in [0.3, 0.4) is 0 Å². The summed E-state index contributed by atoms with van der Waals surface area (Å²) in [6.45, 7) is 2.01. The molecule has 6 nitrogen and oxygen atoms in total. The van der Waals surface area contributed by atoms with Crippen LogP contribution in [0, 0.1) is 0 Å². The van der Waals surface area contributed by atoms with Gasteiger partial charge in [0.05, 0.1) is 5.69 Å². The van der Waals surface area contributed by atoms with Gasteiger partial charge in [-0.05, 0) is 29.6 Å². The molecule has 1 amide bonds. The second-order valence-corrected chi connectivity index (χ2v) is 6.43. The Kier molecular flexibility index (Phi) is 6.23. The van der Waals surface area contributed by atoms with Crippen LogP contribution < -0.4 is 0 Å². The molecular weight excluding hydrogens is 382 g/mol. The SMILES string of the molecule is CCc1nnsc1C(=O)OCC(=O)N(C)Cc1ccccc1Br. The number of hydrogen-bond acceptors (Lipinski definition) is 6. The van der Waals surface area contributed by atoms with Crippen LogP contribution in [-0.4, -0.2) is 40.0 Å². The minimum absolute atomic E-state index is 0.273. The molecule has 0 aliphatic heterocycles. The summed E-state index contributed by atoms with van der Waals surface area (Å²) in [5.74, 6) is -0.830. The van der Waals surface area contributed by atoms with Crippen molar-refractivity contribution in [1.29, 1.82) is 0 Å². The molecular formula is C15H16BrN3O3S. The summed E-state index contributed by atoms with van der Waals surface area (Å²) >= 11 is 4.42. The Morgan fingerprint density at radius 1 is 1.35 bits per heavy atom. The Morgan fingerprint density at radius 3 is 2.78 bits per heavy atom. The van der Waals surface area contributed by atoms with Gasteiger partial charge >= 0.3 is 5.97 Å². The standard InChI is InChI=1S/C15H16BrN3O3S/c1-3-12-14(23-18-17-12)15(21)22-9-13(20)19(2)8-10-6-4-5-7-11(10)16/h4-7H,3,8-9H2,1-2H3. The largest absolute Gasteiger partial charge is 0.451 e. The molecule has 0 aliphatic rings. The lowest BCUT2D eigenvalue weighted by Crippen LogP contribution is -2.31. The van der Waals surface area contributed by atoms with Crippen LogP contribution >= 0.6 is 27.5 Å². The molecule has 23 heavy (non-hydrogen) atoms. The van der Waals surface area contributed by atoms with Crippen molar-refractivity contribution in [2.24, 2.45) is 0 Å². The molecule has 8 heteroatoms. The van der Waals surface area contributed by atoms with Crippen molar-refractivity contribution in [3.05, 3.63) is 44.9 Å². The number of hydrogen-bond donors (Lipinski definition) is 0. The summed E-state index contributed by atoms with van der Waals surface area (Å²) in [4.78, 5) is 25.9. The molecule has 0 aliphatic carbocycles. The molecule has 122 valence electrons. The second-order valence-electron chi connectivity index (χ2n) is 4.82. The molecule has 0 radical (unpaired) electrons. The van der Waals surface area contributed by atoms with Crippen molar-refractivity contribution < 1.29 is 14.3 Å². The zero-order chi connectivity index (χ0) is 16.8. The van der Waals surface area contributed by atoms with Crippen LogP contribution in [-0.2, 0) is 22.5 Å². The van der Waals surface area contributed by atoms with E-state index in [4.69, 9.17) is 4.74 Å². The third-order valence-corrected chi connectivity index (χ3v) is 4.72. The van der Waals surface area contributed by atoms with Gasteiger partial charge < -0.3 is 9.64 Å². The number of rotatable bonds is 6. The molecule has 0 fully saturated rings. The smallest absolute Gasteiger partial charge is 0.352 e. The lowest BCUT2D eigenvalue weighted by atomic mass is 10.2. The molecule has 0 bridgehead atoms. The van der Waals surface area contributed by atoms with Crippen molar-refractivity contribution in [3.8, 4) is 0 Å². The normalized spacial score (nSPS) is 10.4. The molecule has 0 saturated heterocycles. The van der Waals surface area contributed by atoms with E-state index in [9.17, 15) is 9.59 Å². The van der Waals surface area contributed by atoms with E-state index in [2.05, 4.69) is 25.5 Å². The Balaban J connectivity index is 1.89. The molecule has 1 aromatic heterocycles. The summed E-state index contributed by atoms with van der Waals surface area (Å²) in [5.41, 5.74) is 1.57. The number of halogens is 1. The van der Waals surface area contributed by atoms with Crippen LogP contribution in [0.15, 0.2) is 28.7 Å². The van der Waals surface area contributed by atoms with E-state index in [0.717, 1.165) is 21.6 Å². The molecule has 1 aromatic carbocycles. The second kappa shape index (κ2) is 8.16. The first-order valence-corrected chi connectivity index (χ1v) is 8.55. The van der Waals surface area contributed by atoms with E-state index in [1.165, 1.54) is 4.90 Å². The van der Waals surface area contributed by atoms with E-state index in [-0.39, 0.29) is 12.5 Å². The topological polar surface area (TPSA) is 72.4 Å². The Bertz CT molecular complexity index is 705. The zero-order valence-corrected chi connectivity index (χ0v) is 15.2. The average molecular weight is 398 g/mol. The summed E-state index contributed by atoms with van der Waals surface area (Å²) in [5, 5.41) is 3.85. The lowest BCUT2D eigenvalue weighted by Gasteiger charge is -2.17. The number of amides is 1. The Labute approximate surface area is 146 Å². The van der Waals surface area contributed by atoms with Gasteiger partial charge in [0.2, 0.25) is 0 Å². The number of carbonyl (C=O) groups is 2. The van der Waals surface area contributed by atoms with E-state index in [1.807, 2.05) is 31.2 Å². The lowest BCUT2D eigenvalue weighted by molar-refractivity contribution is -0.133. The number of carbonyl (C=O) groups excluding carboxylic acids is 2. The first-order chi connectivity index (χ1) is 11.0. The molecule has 0 unspecified atom stereocenters. The quantitative estimate of drug-likeness (QED) is 0.700. The fourth-order valence-corrected chi connectivity index (χ4v) is 2.92. The highest BCUT2D eigenvalue weighted by molar-refractivity contribution is 9.10. The highest BCUT2D eigenvalue weighted by Crippen LogP contribution is 2.17. The van der Waals surface area contributed by atoms with Gasteiger partial charge in [-0.25, -0.2) is 4.79 Å². The maximum absolute atomic E-state index is 12.1. The molecule has 0 saturated carbocycles. The molecule has 2 rings (SSSR count). The fraction of sp³-hybridized carbons (Fsp3) is 0.333. The maximum atomic E-state index is 12.1. The number of aromatic nitrogens is 2. The highest BCUT2D eigenvalue weighted by Gasteiger charge is 2.19. The zero-order valence-electron chi connectivity index (χ0n) is 12.8. The first kappa shape index (κ1) is 17.6. The monoisotopic (exact) mass is 397 g/mol. The summed E-state index contributed by atoms with van der Waals surface area (Å²) in [6.07, 6.45) is 0.594. The van der Waals surface area contributed by atoms with Crippen molar-refractivity contribution in [1.82, 2.24) is 14.5 Å². The van der Waals surface area contributed by atoms with Crippen molar-refractivity contribution in [2.45, 2.75) is 19.9 Å².